The second-order valence-corrected chi connectivity index (χ2v) is 14.5. The zero-order valence-electron chi connectivity index (χ0n) is 28.1. The van der Waals surface area contributed by atoms with Crippen LogP contribution in [0, 0.1) is 5.82 Å². The number of sulfonamides is 1. The van der Waals surface area contributed by atoms with E-state index in [0.29, 0.717) is 16.3 Å². The molecule has 9 nitrogen and oxygen atoms in total. The predicted octanol–water partition coefficient (Wildman–Crippen LogP) is 6.78. The molecule has 4 aromatic carbocycles. The normalized spacial score (nSPS) is 14.0. The van der Waals surface area contributed by atoms with Crippen LogP contribution >= 0.6 is 11.6 Å². The monoisotopic (exact) mass is 721 g/mol. The van der Waals surface area contributed by atoms with Crippen molar-refractivity contribution in [3.63, 3.8) is 0 Å². The molecule has 1 unspecified atom stereocenters. The number of nitrogens with zero attached hydrogens (tertiary/aromatic N) is 2. The van der Waals surface area contributed by atoms with E-state index in [1.165, 1.54) is 73.7 Å². The highest BCUT2D eigenvalue weighted by Gasteiger charge is 2.35. The summed E-state index contributed by atoms with van der Waals surface area (Å²) in [5.41, 5.74) is 1.58. The smallest absolute Gasteiger partial charge is 0.264 e. The van der Waals surface area contributed by atoms with Crippen LogP contribution in [0.1, 0.15) is 43.2 Å². The van der Waals surface area contributed by atoms with Crippen molar-refractivity contribution in [2.75, 3.05) is 25.1 Å². The summed E-state index contributed by atoms with van der Waals surface area (Å²) in [6.45, 7) is -0.721. The first-order valence-electron chi connectivity index (χ1n) is 16.5. The van der Waals surface area contributed by atoms with E-state index >= 15 is 0 Å². The molecule has 1 N–H and O–H groups in total. The Morgan fingerprint density at radius 1 is 0.860 bits per heavy atom. The number of nitrogens with one attached hydrogen (secondary N) is 1. The Labute approximate surface area is 298 Å². The van der Waals surface area contributed by atoms with Crippen molar-refractivity contribution in [1.29, 1.82) is 0 Å². The molecule has 0 spiro atoms. The molecule has 1 fully saturated rings. The van der Waals surface area contributed by atoms with Crippen molar-refractivity contribution < 1.29 is 31.9 Å². The second kappa shape index (κ2) is 16.9. The van der Waals surface area contributed by atoms with E-state index in [9.17, 15) is 22.4 Å². The van der Waals surface area contributed by atoms with Gasteiger partial charge in [0.1, 0.15) is 18.4 Å². The first-order chi connectivity index (χ1) is 24.1. The highest BCUT2D eigenvalue weighted by molar-refractivity contribution is 7.92. The quantitative estimate of drug-likeness (QED) is 0.154. The van der Waals surface area contributed by atoms with Gasteiger partial charge in [0.05, 0.1) is 24.8 Å². The zero-order valence-corrected chi connectivity index (χ0v) is 29.6. The van der Waals surface area contributed by atoms with Crippen LogP contribution in [0.4, 0.5) is 10.1 Å². The van der Waals surface area contributed by atoms with E-state index in [0.717, 1.165) is 42.0 Å². The molecule has 0 radical (unpaired) electrons. The fraction of sp³-hybridized carbons (Fsp3) is 0.316. The Hall–Kier alpha value is -4.61. The van der Waals surface area contributed by atoms with E-state index in [4.69, 9.17) is 21.1 Å². The summed E-state index contributed by atoms with van der Waals surface area (Å²) < 4.78 is 54.4. The molecule has 0 aliphatic heterocycles. The van der Waals surface area contributed by atoms with E-state index in [1.54, 1.807) is 12.1 Å². The number of carbonyl (C=O) groups excluding carboxylic acids is 2. The maximum atomic E-state index is 14.7. The number of rotatable bonds is 14. The van der Waals surface area contributed by atoms with E-state index < -0.39 is 34.3 Å². The van der Waals surface area contributed by atoms with Crippen molar-refractivity contribution in [3.05, 3.63) is 119 Å². The van der Waals surface area contributed by atoms with Gasteiger partial charge < -0.3 is 19.7 Å². The number of halogens is 2. The van der Waals surface area contributed by atoms with Gasteiger partial charge in [-0.2, -0.15) is 0 Å². The number of hydrogen-bond donors (Lipinski definition) is 1. The SMILES string of the molecule is COc1ccc(S(=O)(=O)N(CC(=O)N(Cc2ccc(F)cc2)C(Cc2ccccc2)C(=O)NC2CCCCC2)c2ccc(Cl)cc2)cc1OC. The largest absolute Gasteiger partial charge is 0.493 e. The molecule has 1 aliphatic rings. The number of ether oxygens (including phenoxy) is 2. The summed E-state index contributed by atoms with van der Waals surface area (Å²) in [5.74, 6) is -0.891. The predicted molar refractivity (Wildman–Crippen MR) is 191 cm³/mol. The third kappa shape index (κ3) is 9.13. The Morgan fingerprint density at radius 3 is 2.16 bits per heavy atom. The lowest BCUT2D eigenvalue weighted by Crippen LogP contribution is -2.55. The van der Waals surface area contributed by atoms with Crippen LogP contribution in [0.3, 0.4) is 0 Å². The van der Waals surface area contributed by atoms with Crippen molar-refractivity contribution in [2.45, 2.75) is 62.0 Å². The molecule has 0 aromatic heterocycles. The van der Waals surface area contributed by atoms with Gasteiger partial charge in [-0.05, 0) is 72.5 Å². The van der Waals surface area contributed by atoms with Crippen LogP contribution in [-0.2, 0) is 32.6 Å². The molecule has 12 heteroatoms. The van der Waals surface area contributed by atoms with Gasteiger partial charge in [0.15, 0.2) is 11.5 Å². The molecule has 1 aliphatic carbocycles. The fourth-order valence-electron chi connectivity index (χ4n) is 6.13. The van der Waals surface area contributed by atoms with Crippen LogP contribution in [0.2, 0.25) is 5.02 Å². The summed E-state index contributed by atoms with van der Waals surface area (Å²) >= 11 is 6.17. The van der Waals surface area contributed by atoms with Crippen molar-refractivity contribution in [1.82, 2.24) is 10.2 Å². The Morgan fingerprint density at radius 2 is 1.52 bits per heavy atom. The number of anilines is 1. The number of carbonyl (C=O) groups is 2. The Bertz CT molecular complexity index is 1850. The van der Waals surface area contributed by atoms with Gasteiger partial charge in [0.25, 0.3) is 10.0 Å². The Balaban J connectivity index is 1.57. The van der Waals surface area contributed by atoms with Gasteiger partial charge in [0, 0.05) is 30.1 Å². The molecular formula is C38H41ClFN3O6S. The van der Waals surface area contributed by atoms with Gasteiger partial charge in [-0.15, -0.1) is 0 Å². The van der Waals surface area contributed by atoms with Crippen LogP contribution in [0.25, 0.3) is 0 Å². The highest BCUT2D eigenvalue weighted by Crippen LogP contribution is 2.33. The lowest BCUT2D eigenvalue weighted by atomic mass is 9.94. The van der Waals surface area contributed by atoms with Crippen LogP contribution < -0.4 is 19.1 Å². The number of methoxy groups -OCH3 is 2. The average Bonchev–Trinajstić information content (AvgIpc) is 3.13. The lowest BCUT2D eigenvalue weighted by Gasteiger charge is -2.35. The van der Waals surface area contributed by atoms with Gasteiger partial charge in [0.2, 0.25) is 11.8 Å². The molecular weight excluding hydrogens is 681 g/mol. The highest BCUT2D eigenvalue weighted by atomic mass is 35.5. The van der Waals surface area contributed by atoms with Crippen LogP contribution in [0.5, 0.6) is 11.5 Å². The fourth-order valence-corrected chi connectivity index (χ4v) is 7.68. The molecule has 0 heterocycles. The van der Waals surface area contributed by atoms with Crippen molar-refractivity contribution in [3.8, 4) is 11.5 Å². The first-order valence-corrected chi connectivity index (χ1v) is 18.3. The molecule has 1 atom stereocenters. The molecule has 2 amide bonds. The Kier molecular flexibility index (Phi) is 12.4. The maximum Gasteiger partial charge on any atom is 0.264 e. The summed E-state index contributed by atoms with van der Waals surface area (Å²) in [5, 5.41) is 3.55. The average molecular weight is 722 g/mol. The lowest BCUT2D eigenvalue weighted by molar-refractivity contribution is -0.140. The molecule has 0 bridgehead atoms. The van der Waals surface area contributed by atoms with E-state index in [2.05, 4.69) is 5.32 Å². The molecule has 50 heavy (non-hydrogen) atoms. The van der Waals surface area contributed by atoms with Gasteiger partial charge in [-0.25, -0.2) is 12.8 Å². The maximum absolute atomic E-state index is 14.7. The minimum atomic E-state index is -4.40. The minimum Gasteiger partial charge on any atom is -0.493 e. The van der Waals surface area contributed by atoms with Gasteiger partial charge >= 0.3 is 0 Å². The minimum absolute atomic E-state index is 0.0340. The molecule has 4 aromatic rings. The summed E-state index contributed by atoms with van der Waals surface area (Å²) in [7, 11) is -1.56. The van der Waals surface area contributed by atoms with Gasteiger partial charge in [-0.3, -0.25) is 13.9 Å². The summed E-state index contributed by atoms with van der Waals surface area (Å²) in [4.78, 5) is 30.2. The van der Waals surface area contributed by atoms with Crippen LogP contribution in [0.15, 0.2) is 102 Å². The molecule has 1 saturated carbocycles. The molecule has 0 saturated heterocycles. The topological polar surface area (TPSA) is 105 Å². The third-order valence-electron chi connectivity index (χ3n) is 8.83. The third-order valence-corrected chi connectivity index (χ3v) is 10.8. The second-order valence-electron chi connectivity index (χ2n) is 12.2. The number of benzene rings is 4. The number of amides is 2. The van der Waals surface area contributed by atoms with Gasteiger partial charge in [-0.1, -0.05) is 73.3 Å². The number of hydrogen-bond acceptors (Lipinski definition) is 6. The summed E-state index contributed by atoms with van der Waals surface area (Å²) in [6.07, 6.45) is 4.94. The van der Waals surface area contributed by atoms with E-state index in [1.807, 2.05) is 30.3 Å². The molecule has 264 valence electrons. The zero-order chi connectivity index (χ0) is 35.7. The first kappa shape index (κ1) is 36.7. The standard InChI is InChI=1S/C38H41ClFN3O6S/c1-48-35-22-21-33(24-36(35)49-2)50(46,47)43(32-19-15-29(39)16-20-32)26-37(44)42(25-28-13-17-30(40)18-14-28)34(23-27-9-5-3-6-10-27)38(45)41-31-11-7-4-8-12-31/h3,5-6,9-10,13-22,24,31,34H,4,7-8,11-12,23,25-26H2,1-2H3,(H,41,45). The van der Waals surface area contributed by atoms with E-state index in [-0.39, 0.29) is 41.2 Å². The molecule has 5 rings (SSSR count). The van der Waals surface area contributed by atoms with Crippen molar-refractivity contribution in [2.24, 2.45) is 0 Å². The summed E-state index contributed by atoms with van der Waals surface area (Å²) in [6, 6.07) is 24.2. The van der Waals surface area contributed by atoms with Crippen LogP contribution in [-0.4, -0.2) is 58.0 Å². The van der Waals surface area contributed by atoms with Crippen molar-refractivity contribution >= 4 is 39.1 Å².